The Morgan fingerprint density at radius 3 is 2.17 bits per heavy atom. The van der Waals surface area contributed by atoms with Gasteiger partial charge in [0.05, 0.1) is 0 Å². The van der Waals surface area contributed by atoms with Gasteiger partial charge in [0, 0.05) is 6.61 Å². The molecule has 5 saturated carbocycles. The highest BCUT2D eigenvalue weighted by molar-refractivity contribution is 5.18. The van der Waals surface area contributed by atoms with Crippen molar-refractivity contribution in [2.45, 2.75) is 112 Å². The van der Waals surface area contributed by atoms with Crippen LogP contribution in [0.2, 0.25) is 0 Å². The minimum Gasteiger partial charge on any atom is -0.396 e. The highest BCUT2D eigenvalue weighted by Gasteiger charge is 2.69. The highest BCUT2D eigenvalue weighted by atomic mass is 16.3. The third kappa shape index (κ3) is 2.38. The van der Waals surface area contributed by atoms with Gasteiger partial charge in [-0.2, -0.15) is 0 Å². The first kappa shape index (κ1) is 20.8. The van der Waals surface area contributed by atoms with Gasteiger partial charge >= 0.3 is 0 Å². The minimum absolute atomic E-state index is 0.288. The minimum atomic E-state index is 0.288. The van der Waals surface area contributed by atoms with Gasteiger partial charge < -0.3 is 5.11 Å². The van der Waals surface area contributed by atoms with Crippen molar-refractivity contribution < 1.29 is 5.11 Å². The summed E-state index contributed by atoms with van der Waals surface area (Å²) in [5.41, 5.74) is 2.32. The van der Waals surface area contributed by atoms with E-state index in [0.29, 0.717) is 28.3 Å². The summed E-state index contributed by atoms with van der Waals surface area (Å²) in [4.78, 5) is 0. The van der Waals surface area contributed by atoms with E-state index in [1.165, 1.54) is 70.6 Å². The van der Waals surface area contributed by atoms with Crippen molar-refractivity contribution in [1.29, 1.82) is 0 Å². The van der Waals surface area contributed by atoms with E-state index in [1.54, 1.807) is 0 Å². The van der Waals surface area contributed by atoms with Crippen LogP contribution in [0.15, 0.2) is 0 Å². The lowest BCUT2D eigenvalue weighted by Gasteiger charge is -2.73. The van der Waals surface area contributed by atoms with Crippen LogP contribution in [0.1, 0.15) is 112 Å². The summed E-state index contributed by atoms with van der Waals surface area (Å²) < 4.78 is 0. The van der Waals surface area contributed by atoms with Gasteiger partial charge in [-0.3, -0.25) is 0 Å². The van der Waals surface area contributed by atoms with Crippen molar-refractivity contribution in [3.05, 3.63) is 0 Å². The zero-order valence-electron chi connectivity index (χ0n) is 20.3. The Hall–Kier alpha value is -0.0400. The van der Waals surface area contributed by atoms with E-state index in [0.717, 1.165) is 29.6 Å². The Bertz CT molecular complexity index is 667. The molecule has 5 aliphatic carbocycles. The second-order valence-electron chi connectivity index (χ2n) is 13.9. The van der Waals surface area contributed by atoms with Crippen LogP contribution in [-0.4, -0.2) is 11.7 Å². The van der Waals surface area contributed by atoms with Crippen molar-refractivity contribution in [3.8, 4) is 0 Å². The number of rotatable bonds is 1. The number of aliphatic hydroxyl groups excluding tert-OH is 1. The van der Waals surface area contributed by atoms with Gasteiger partial charge in [0.2, 0.25) is 0 Å². The van der Waals surface area contributed by atoms with Crippen LogP contribution in [-0.2, 0) is 0 Å². The zero-order valence-corrected chi connectivity index (χ0v) is 20.3. The Balaban J connectivity index is 1.53. The molecule has 5 rings (SSSR count). The lowest BCUT2D eigenvalue weighted by molar-refractivity contribution is -0.241. The largest absolute Gasteiger partial charge is 0.396 e. The maximum atomic E-state index is 10.4. The van der Waals surface area contributed by atoms with Gasteiger partial charge in [-0.05, 0) is 121 Å². The lowest BCUT2D eigenvalue weighted by atomic mass is 9.32. The summed E-state index contributed by atoms with van der Waals surface area (Å²) in [6, 6.07) is 0. The fraction of sp³-hybridized carbons (Fsp3) is 1.00. The quantitative estimate of drug-likeness (QED) is 0.484. The highest BCUT2D eigenvalue weighted by Crippen LogP contribution is 2.77. The smallest absolute Gasteiger partial charge is 0.0490 e. The Kier molecular flexibility index (Phi) is 4.50. The topological polar surface area (TPSA) is 20.2 Å². The molecule has 0 aromatic rings. The molecule has 4 unspecified atom stereocenters. The molecule has 0 radical (unpaired) electrons. The molecule has 1 N–H and O–H groups in total. The molecule has 0 spiro atoms. The molecule has 0 aromatic heterocycles. The Morgan fingerprint density at radius 2 is 1.45 bits per heavy atom. The molecule has 0 aliphatic heterocycles. The second-order valence-corrected chi connectivity index (χ2v) is 13.9. The van der Waals surface area contributed by atoms with Crippen LogP contribution in [0.25, 0.3) is 0 Å². The first-order valence-corrected chi connectivity index (χ1v) is 13.2. The van der Waals surface area contributed by atoms with Gasteiger partial charge in [0.1, 0.15) is 0 Å². The number of fused-ring (bicyclic) bond motifs is 7. The van der Waals surface area contributed by atoms with Crippen LogP contribution in [0, 0.1) is 56.7 Å². The molecule has 166 valence electrons. The summed E-state index contributed by atoms with van der Waals surface area (Å²) in [7, 11) is 0. The summed E-state index contributed by atoms with van der Waals surface area (Å²) in [6.07, 6.45) is 15.5. The molecule has 5 fully saturated rings. The van der Waals surface area contributed by atoms with Gasteiger partial charge in [-0.25, -0.2) is 0 Å². The predicted octanol–water partition coefficient (Wildman–Crippen LogP) is 7.47. The van der Waals surface area contributed by atoms with Crippen LogP contribution in [0.4, 0.5) is 0 Å². The third-order valence-corrected chi connectivity index (χ3v) is 13.4. The standard InChI is InChI=1S/C28H48O/c1-19-11-14-25(4)22(24(19,2)3)12-15-27(6)23(25)10-9-20-21-8-7-13-28(21,18-29)17-16-26(20,27)5/h19-23,29H,7-18H2,1-6H3/t19-,20?,21?,22?,23?,25+,26-,27-,28-/m1/s1. The van der Waals surface area contributed by atoms with Gasteiger partial charge in [-0.1, -0.05) is 48.0 Å². The summed E-state index contributed by atoms with van der Waals surface area (Å²) >= 11 is 0. The fourth-order valence-corrected chi connectivity index (χ4v) is 11.2. The first-order valence-electron chi connectivity index (χ1n) is 13.2. The zero-order chi connectivity index (χ0) is 20.9. The SMILES string of the molecule is C[C@@H]1CC[C@@]2(C)C(CC[C@]3(C)C2CCC2C4CCC[C@]4(CO)CC[C@]23C)C1(C)C. The summed E-state index contributed by atoms with van der Waals surface area (Å²) in [5, 5.41) is 10.4. The molecule has 0 amide bonds. The molecular weight excluding hydrogens is 352 g/mol. The predicted molar refractivity (Wildman–Crippen MR) is 122 cm³/mol. The first-order chi connectivity index (χ1) is 13.6. The van der Waals surface area contributed by atoms with E-state index >= 15 is 0 Å². The van der Waals surface area contributed by atoms with Crippen LogP contribution in [0.3, 0.4) is 0 Å². The van der Waals surface area contributed by atoms with Gasteiger partial charge in [0.15, 0.2) is 0 Å². The monoisotopic (exact) mass is 400 g/mol. The van der Waals surface area contributed by atoms with Crippen molar-refractivity contribution in [2.24, 2.45) is 56.7 Å². The number of hydrogen-bond donors (Lipinski definition) is 1. The van der Waals surface area contributed by atoms with Crippen molar-refractivity contribution in [3.63, 3.8) is 0 Å². The summed E-state index contributed by atoms with van der Waals surface area (Å²) in [6.45, 7) is 16.4. The molecule has 5 aliphatic rings. The molecule has 1 heteroatoms. The number of aliphatic hydroxyl groups is 1. The average Bonchev–Trinajstić information content (AvgIpc) is 3.10. The summed E-state index contributed by atoms with van der Waals surface area (Å²) in [5.74, 6) is 4.35. The van der Waals surface area contributed by atoms with Crippen molar-refractivity contribution in [1.82, 2.24) is 0 Å². The van der Waals surface area contributed by atoms with E-state index in [1.807, 2.05) is 0 Å². The molecular formula is C28H48O. The Labute approximate surface area is 180 Å². The maximum absolute atomic E-state index is 10.4. The lowest BCUT2D eigenvalue weighted by Crippen LogP contribution is -2.65. The molecule has 29 heavy (non-hydrogen) atoms. The fourth-order valence-electron chi connectivity index (χ4n) is 11.2. The Morgan fingerprint density at radius 1 is 0.690 bits per heavy atom. The van der Waals surface area contributed by atoms with Crippen LogP contribution < -0.4 is 0 Å². The molecule has 9 atom stereocenters. The van der Waals surface area contributed by atoms with Gasteiger partial charge in [0.25, 0.3) is 0 Å². The maximum Gasteiger partial charge on any atom is 0.0490 e. The van der Waals surface area contributed by atoms with Gasteiger partial charge in [-0.15, -0.1) is 0 Å². The van der Waals surface area contributed by atoms with E-state index in [9.17, 15) is 5.11 Å². The average molecular weight is 401 g/mol. The number of hydrogen-bond acceptors (Lipinski definition) is 1. The van der Waals surface area contributed by atoms with E-state index in [2.05, 4.69) is 41.5 Å². The third-order valence-electron chi connectivity index (χ3n) is 13.4. The van der Waals surface area contributed by atoms with Crippen molar-refractivity contribution >= 4 is 0 Å². The van der Waals surface area contributed by atoms with E-state index < -0.39 is 0 Å². The molecule has 0 aromatic carbocycles. The van der Waals surface area contributed by atoms with Crippen molar-refractivity contribution in [2.75, 3.05) is 6.61 Å². The molecule has 0 heterocycles. The van der Waals surface area contributed by atoms with E-state index in [-0.39, 0.29) is 5.41 Å². The second kappa shape index (κ2) is 6.26. The van der Waals surface area contributed by atoms with E-state index in [4.69, 9.17) is 0 Å². The molecule has 0 saturated heterocycles. The van der Waals surface area contributed by atoms with Crippen LogP contribution in [0.5, 0.6) is 0 Å². The van der Waals surface area contributed by atoms with Crippen LogP contribution >= 0.6 is 0 Å². The molecule has 0 bridgehead atoms. The normalized spacial score (nSPS) is 58.7. The molecule has 1 nitrogen and oxygen atoms in total.